The second-order valence-electron chi connectivity index (χ2n) is 4.00. The minimum absolute atomic E-state index is 0.146. The molecular formula is C13H14Br2N4O2. The number of hydrogen-bond donors (Lipinski definition) is 2. The zero-order chi connectivity index (χ0) is 15.4. The van der Waals surface area contributed by atoms with Gasteiger partial charge in [-0.2, -0.15) is 9.97 Å². The van der Waals surface area contributed by atoms with Crippen LogP contribution in [0, 0.1) is 0 Å². The first kappa shape index (κ1) is 15.8. The predicted molar refractivity (Wildman–Crippen MR) is 89.1 cm³/mol. The number of nitrogens with two attached hydrogens (primary N) is 1. The zero-order valence-electron chi connectivity index (χ0n) is 11.5. The van der Waals surface area contributed by atoms with E-state index in [1.165, 1.54) is 0 Å². The average Bonchev–Trinajstić information content (AvgIpc) is 2.42. The number of halogens is 2. The molecule has 0 aliphatic rings. The maximum absolute atomic E-state index is 5.75. The highest BCUT2D eigenvalue weighted by molar-refractivity contribution is 9.11. The monoisotopic (exact) mass is 416 g/mol. The van der Waals surface area contributed by atoms with Gasteiger partial charge >= 0.3 is 0 Å². The summed E-state index contributed by atoms with van der Waals surface area (Å²) in [6.07, 6.45) is 0. The standard InChI is InChI=1S/C13H14Br2N4O2/c1-3-17-11-6-12(19-13(16)18-11)21-10-5-7(14)9(20-2)4-8(10)15/h4-6H,3H2,1-2H3,(H3,16,17,18,19). The Kier molecular flexibility index (Phi) is 5.24. The first-order chi connectivity index (χ1) is 10.0. The molecule has 0 bridgehead atoms. The van der Waals surface area contributed by atoms with Crippen LogP contribution >= 0.6 is 31.9 Å². The lowest BCUT2D eigenvalue weighted by Crippen LogP contribution is -2.04. The molecule has 0 amide bonds. The lowest BCUT2D eigenvalue weighted by atomic mass is 10.3. The Morgan fingerprint density at radius 1 is 1.14 bits per heavy atom. The molecule has 0 spiro atoms. The van der Waals surface area contributed by atoms with Gasteiger partial charge in [-0.15, -0.1) is 0 Å². The number of nitrogens with zero attached hydrogens (tertiary/aromatic N) is 2. The predicted octanol–water partition coefficient (Wildman–Crippen LogP) is 3.82. The number of nitrogens with one attached hydrogen (secondary N) is 1. The summed E-state index contributed by atoms with van der Waals surface area (Å²) in [6, 6.07) is 5.27. The van der Waals surface area contributed by atoms with Gasteiger partial charge in [-0.1, -0.05) is 0 Å². The number of benzene rings is 1. The van der Waals surface area contributed by atoms with Crippen LogP contribution in [0.2, 0.25) is 0 Å². The van der Waals surface area contributed by atoms with Gasteiger partial charge in [0.25, 0.3) is 0 Å². The smallest absolute Gasteiger partial charge is 0.226 e. The van der Waals surface area contributed by atoms with E-state index in [1.54, 1.807) is 25.3 Å². The molecular weight excluding hydrogens is 404 g/mol. The van der Waals surface area contributed by atoms with Gasteiger partial charge in [0.1, 0.15) is 17.3 Å². The minimum atomic E-state index is 0.146. The van der Waals surface area contributed by atoms with E-state index in [0.717, 1.165) is 15.5 Å². The van der Waals surface area contributed by atoms with Crippen molar-refractivity contribution in [1.82, 2.24) is 9.97 Å². The number of rotatable bonds is 5. The summed E-state index contributed by atoms with van der Waals surface area (Å²) in [6.45, 7) is 2.70. The lowest BCUT2D eigenvalue weighted by Gasteiger charge is -2.11. The van der Waals surface area contributed by atoms with Crippen molar-refractivity contribution in [2.75, 3.05) is 24.7 Å². The fourth-order valence-corrected chi connectivity index (χ4v) is 2.51. The van der Waals surface area contributed by atoms with Gasteiger partial charge in [-0.05, 0) is 50.9 Å². The third-order valence-corrected chi connectivity index (χ3v) is 3.74. The molecule has 0 atom stereocenters. The van der Waals surface area contributed by atoms with Gasteiger partial charge in [0.15, 0.2) is 0 Å². The highest BCUT2D eigenvalue weighted by Crippen LogP contribution is 2.38. The molecule has 1 aromatic heterocycles. The van der Waals surface area contributed by atoms with E-state index in [1.807, 2.05) is 6.92 Å². The van der Waals surface area contributed by atoms with Crippen LogP contribution in [0.3, 0.4) is 0 Å². The van der Waals surface area contributed by atoms with E-state index in [9.17, 15) is 0 Å². The Hall–Kier alpha value is -1.54. The largest absolute Gasteiger partial charge is 0.496 e. The van der Waals surface area contributed by atoms with E-state index in [2.05, 4.69) is 47.1 Å². The topological polar surface area (TPSA) is 82.3 Å². The molecule has 2 rings (SSSR count). The van der Waals surface area contributed by atoms with Gasteiger partial charge in [0.05, 0.1) is 16.1 Å². The SMILES string of the molecule is CCNc1cc(Oc2cc(Br)c(OC)cc2Br)nc(N)n1. The van der Waals surface area contributed by atoms with Crippen LogP contribution in [0.5, 0.6) is 17.4 Å². The summed E-state index contributed by atoms with van der Waals surface area (Å²) in [7, 11) is 1.60. The highest BCUT2D eigenvalue weighted by Gasteiger charge is 2.11. The zero-order valence-corrected chi connectivity index (χ0v) is 14.7. The molecule has 0 aliphatic carbocycles. The van der Waals surface area contributed by atoms with Crippen molar-refractivity contribution in [2.24, 2.45) is 0 Å². The number of nitrogen functional groups attached to an aromatic ring is 1. The number of aromatic nitrogens is 2. The van der Waals surface area contributed by atoms with Crippen molar-refractivity contribution < 1.29 is 9.47 Å². The summed E-state index contributed by atoms with van der Waals surface area (Å²) >= 11 is 6.84. The second kappa shape index (κ2) is 6.95. The number of ether oxygens (including phenoxy) is 2. The van der Waals surface area contributed by atoms with Gasteiger partial charge in [0, 0.05) is 12.6 Å². The maximum Gasteiger partial charge on any atom is 0.226 e. The molecule has 0 saturated heterocycles. The molecule has 1 heterocycles. The summed E-state index contributed by atoms with van der Waals surface area (Å²) in [4.78, 5) is 8.13. The molecule has 0 unspecified atom stereocenters. The van der Waals surface area contributed by atoms with Gasteiger partial charge in [0.2, 0.25) is 11.8 Å². The highest BCUT2D eigenvalue weighted by atomic mass is 79.9. The molecule has 21 heavy (non-hydrogen) atoms. The van der Waals surface area contributed by atoms with Crippen LogP contribution in [0.25, 0.3) is 0 Å². The second-order valence-corrected chi connectivity index (χ2v) is 5.71. The number of hydrogen-bond acceptors (Lipinski definition) is 6. The van der Waals surface area contributed by atoms with E-state index >= 15 is 0 Å². The molecule has 0 aliphatic heterocycles. The van der Waals surface area contributed by atoms with Gasteiger partial charge in [-0.3, -0.25) is 0 Å². The molecule has 0 fully saturated rings. The average molecular weight is 418 g/mol. The normalized spacial score (nSPS) is 10.3. The van der Waals surface area contributed by atoms with E-state index in [0.29, 0.717) is 23.2 Å². The third kappa shape index (κ3) is 3.98. The molecule has 2 aromatic rings. The Balaban J connectivity index is 2.31. The van der Waals surface area contributed by atoms with Crippen molar-refractivity contribution in [3.63, 3.8) is 0 Å². The van der Waals surface area contributed by atoms with E-state index < -0.39 is 0 Å². The van der Waals surface area contributed by atoms with Crippen molar-refractivity contribution >= 4 is 43.6 Å². The fraction of sp³-hybridized carbons (Fsp3) is 0.231. The van der Waals surface area contributed by atoms with Gasteiger partial charge in [-0.25, -0.2) is 0 Å². The summed E-state index contributed by atoms with van der Waals surface area (Å²) in [5, 5.41) is 3.07. The fourth-order valence-electron chi connectivity index (χ4n) is 1.62. The summed E-state index contributed by atoms with van der Waals surface area (Å²) < 4.78 is 12.5. The number of anilines is 2. The minimum Gasteiger partial charge on any atom is -0.496 e. The quantitative estimate of drug-likeness (QED) is 0.769. The lowest BCUT2D eigenvalue weighted by molar-refractivity contribution is 0.408. The Morgan fingerprint density at radius 3 is 2.48 bits per heavy atom. The first-order valence-electron chi connectivity index (χ1n) is 6.12. The summed E-state index contributed by atoms with van der Waals surface area (Å²) in [5.74, 6) is 2.40. The van der Waals surface area contributed by atoms with Crippen LogP contribution in [0.15, 0.2) is 27.1 Å². The Labute approximate surface area is 139 Å². The first-order valence-corrected chi connectivity index (χ1v) is 7.71. The molecule has 112 valence electrons. The van der Waals surface area contributed by atoms with Gasteiger partial charge < -0.3 is 20.5 Å². The van der Waals surface area contributed by atoms with Crippen molar-refractivity contribution in [3.05, 3.63) is 27.1 Å². The van der Waals surface area contributed by atoms with E-state index in [-0.39, 0.29) is 5.95 Å². The Morgan fingerprint density at radius 2 is 1.81 bits per heavy atom. The molecule has 8 heteroatoms. The molecule has 0 radical (unpaired) electrons. The van der Waals surface area contributed by atoms with E-state index in [4.69, 9.17) is 15.2 Å². The van der Waals surface area contributed by atoms with Crippen molar-refractivity contribution in [3.8, 4) is 17.4 Å². The third-order valence-electron chi connectivity index (χ3n) is 2.50. The maximum atomic E-state index is 5.75. The van der Waals surface area contributed by atoms with Crippen LogP contribution in [-0.4, -0.2) is 23.6 Å². The molecule has 0 saturated carbocycles. The number of methoxy groups -OCH3 is 1. The molecule has 1 aromatic carbocycles. The van der Waals surface area contributed by atoms with Crippen LogP contribution in [0.1, 0.15) is 6.92 Å². The molecule has 3 N–H and O–H groups in total. The van der Waals surface area contributed by atoms with Crippen LogP contribution < -0.4 is 20.5 Å². The molecule has 6 nitrogen and oxygen atoms in total. The van der Waals surface area contributed by atoms with Crippen LogP contribution in [0.4, 0.5) is 11.8 Å². The van der Waals surface area contributed by atoms with Crippen molar-refractivity contribution in [2.45, 2.75) is 6.92 Å². The summed E-state index contributed by atoms with van der Waals surface area (Å²) in [5.41, 5.74) is 5.67. The Bertz CT molecular complexity index is 652. The van der Waals surface area contributed by atoms with Crippen LogP contribution in [-0.2, 0) is 0 Å². The van der Waals surface area contributed by atoms with Crippen molar-refractivity contribution in [1.29, 1.82) is 0 Å².